The largest absolute Gasteiger partial charge is 0.495 e. The number of carbonyl (C=O) groups is 1. The second-order valence-corrected chi connectivity index (χ2v) is 9.41. The fourth-order valence-electron chi connectivity index (χ4n) is 3.18. The number of hydrogen-bond acceptors (Lipinski definition) is 5. The van der Waals surface area contributed by atoms with Gasteiger partial charge in [0.15, 0.2) is 6.61 Å². The molecule has 1 saturated carbocycles. The fraction of sp³-hybridized carbons (Fsp3) is 0.350. The van der Waals surface area contributed by atoms with E-state index in [1.165, 1.54) is 25.3 Å². The molecule has 0 aromatic heterocycles. The minimum atomic E-state index is -3.66. The second kappa shape index (κ2) is 9.87. The summed E-state index contributed by atoms with van der Waals surface area (Å²) in [6.07, 6.45) is 3.71. The van der Waals surface area contributed by atoms with Crippen LogP contribution in [0.15, 0.2) is 41.3 Å². The molecule has 3 rings (SSSR count). The van der Waals surface area contributed by atoms with Crippen LogP contribution in [0.1, 0.15) is 25.7 Å². The summed E-state index contributed by atoms with van der Waals surface area (Å²) in [5.74, 6) is 0.279. The van der Waals surface area contributed by atoms with E-state index >= 15 is 0 Å². The van der Waals surface area contributed by atoms with Crippen molar-refractivity contribution in [2.45, 2.75) is 36.6 Å². The van der Waals surface area contributed by atoms with Crippen LogP contribution < -0.4 is 19.5 Å². The fourth-order valence-corrected chi connectivity index (χ4v) is 5.07. The molecular formula is C20H22Cl2N2O5S. The van der Waals surface area contributed by atoms with Crippen molar-refractivity contribution in [1.82, 2.24) is 4.72 Å². The molecule has 2 N–H and O–H groups in total. The topological polar surface area (TPSA) is 93.7 Å². The Balaban J connectivity index is 1.59. The van der Waals surface area contributed by atoms with E-state index in [1.54, 1.807) is 18.2 Å². The van der Waals surface area contributed by atoms with E-state index in [1.807, 2.05) is 0 Å². The highest BCUT2D eigenvalue weighted by Gasteiger charge is 2.23. The van der Waals surface area contributed by atoms with Crippen LogP contribution in [0, 0.1) is 0 Å². The van der Waals surface area contributed by atoms with Crippen LogP contribution in [-0.2, 0) is 14.8 Å². The van der Waals surface area contributed by atoms with Gasteiger partial charge in [0.05, 0.1) is 22.1 Å². The highest BCUT2D eigenvalue weighted by atomic mass is 35.5. The van der Waals surface area contributed by atoms with E-state index in [9.17, 15) is 13.2 Å². The third-order valence-corrected chi connectivity index (χ3v) is 6.79. The molecule has 7 nitrogen and oxygen atoms in total. The Morgan fingerprint density at radius 2 is 1.73 bits per heavy atom. The van der Waals surface area contributed by atoms with Crippen molar-refractivity contribution in [3.05, 3.63) is 46.4 Å². The van der Waals surface area contributed by atoms with Gasteiger partial charge in [-0.1, -0.05) is 36.0 Å². The lowest BCUT2D eigenvalue weighted by Gasteiger charge is -2.14. The second-order valence-electron chi connectivity index (χ2n) is 6.88. The highest BCUT2D eigenvalue weighted by Crippen LogP contribution is 2.29. The zero-order valence-electron chi connectivity index (χ0n) is 16.3. The van der Waals surface area contributed by atoms with Gasteiger partial charge >= 0.3 is 0 Å². The molecule has 0 bridgehead atoms. The number of methoxy groups -OCH3 is 1. The quantitative estimate of drug-likeness (QED) is 0.598. The summed E-state index contributed by atoms with van der Waals surface area (Å²) < 4.78 is 38.2. The van der Waals surface area contributed by atoms with Crippen LogP contribution in [-0.4, -0.2) is 34.1 Å². The predicted octanol–water partition coefficient (Wildman–Crippen LogP) is 4.24. The van der Waals surface area contributed by atoms with Crippen LogP contribution in [0.5, 0.6) is 11.5 Å². The van der Waals surface area contributed by atoms with Gasteiger partial charge in [0.2, 0.25) is 10.0 Å². The summed E-state index contributed by atoms with van der Waals surface area (Å²) in [5, 5.41) is 3.11. The van der Waals surface area contributed by atoms with Gasteiger partial charge in [0.1, 0.15) is 11.5 Å². The molecule has 1 aliphatic rings. The molecule has 0 heterocycles. The zero-order chi connectivity index (χ0) is 21.7. The van der Waals surface area contributed by atoms with E-state index in [4.69, 9.17) is 32.7 Å². The number of anilines is 1. The summed E-state index contributed by atoms with van der Waals surface area (Å²) in [6.45, 7) is -0.310. The molecule has 0 unspecified atom stereocenters. The molecule has 1 amide bonds. The Hall–Kier alpha value is -2.00. The summed E-state index contributed by atoms with van der Waals surface area (Å²) in [7, 11) is -2.16. The van der Waals surface area contributed by atoms with Gasteiger partial charge in [0, 0.05) is 11.7 Å². The number of rotatable bonds is 8. The summed E-state index contributed by atoms with van der Waals surface area (Å²) in [5.41, 5.74) is 0.486. The molecular weight excluding hydrogens is 451 g/mol. The minimum Gasteiger partial charge on any atom is -0.495 e. The lowest BCUT2D eigenvalue weighted by atomic mass is 10.3. The maximum absolute atomic E-state index is 12.5. The lowest BCUT2D eigenvalue weighted by molar-refractivity contribution is -0.118. The van der Waals surface area contributed by atoms with Crippen molar-refractivity contribution in [3.8, 4) is 11.5 Å². The molecule has 0 saturated heterocycles. The summed E-state index contributed by atoms with van der Waals surface area (Å²) >= 11 is 12.2. The molecule has 0 aliphatic heterocycles. The number of ether oxygens (including phenoxy) is 2. The molecule has 10 heteroatoms. The van der Waals surface area contributed by atoms with E-state index in [-0.39, 0.29) is 28.3 Å². The van der Waals surface area contributed by atoms with Gasteiger partial charge in [0.25, 0.3) is 5.91 Å². The summed E-state index contributed by atoms with van der Waals surface area (Å²) in [6, 6.07) is 8.95. The third kappa shape index (κ3) is 5.78. The number of hydrogen-bond donors (Lipinski definition) is 2. The first kappa shape index (κ1) is 22.7. The number of halogens is 2. The minimum absolute atomic E-state index is 0.0418. The van der Waals surface area contributed by atoms with Gasteiger partial charge in [-0.05, 0) is 49.2 Å². The van der Waals surface area contributed by atoms with E-state index in [0.29, 0.717) is 16.5 Å². The first-order valence-electron chi connectivity index (χ1n) is 9.36. The molecule has 2 aromatic carbocycles. The Labute approximate surface area is 185 Å². The number of amides is 1. The van der Waals surface area contributed by atoms with Crippen molar-refractivity contribution < 1.29 is 22.7 Å². The maximum atomic E-state index is 12.5. The molecule has 162 valence electrons. The van der Waals surface area contributed by atoms with Gasteiger partial charge < -0.3 is 14.8 Å². The molecule has 30 heavy (non-hydrogen) atoms. The molecule has 1 aliphatic carbocycles. The van der Waals surface area contributed by atoms with Crippen LogP contribution in [0.2, 0.25) is 10.0 Å². The molecule has 2 aromatic rings. The van der Waals surface area contributed by atoms with Gasteiger partial charge in [-0.3, -0.25) is 4.79 Å². The van der Waals surface area contributed by atoms with Crippen molar-refractivity contribution in [1.29, 1.82) is 0 Å². The Morgan fingerprint density at radius 1 is 1.07 bits per heavy atom. The number of carbonyl (C=O) groups excluding carboxylic acids is 1. The first-order valence-corrected chi connectivity index (χ1v) is 11.6. The van der Waals surface area contributed by atoms with Gasteiger partial charge in [-0.15, -0.1) is 0 Å². The number of benzene rings is 2. The summed E-state index contributed by atoms with van der Waals surface area (Å²) in [4.78, 5) is 12.2. The Kier molecular flexibility index (Phi) is 7.46. The van der Waals surface area contributed by atoms with Gasteiger partial charge in [-0.2, -0.15) is 0 Å². The monoisotopic (exact) mass is 472 g/mol. The third-order valence-electron chi connectivity index (χ3n) is 4.68. The predicted molar refractivity (Wildman–Crippen MR) is 116 cm³/mol. The van der Waals surface area contributed by atoms with Crippen LogP contribution in [0.4, 0.5) is 5.69 Å². The van der Waals surface area contributed by atoms with Crippen LogP contribution >= 0.6 is 23.2 Å². The average Bonchev–Trinajstić information content (AvgIpc) is 3.19. The van der Waals surface area contributed by atoms with E-state index in [2.05, 4.69) is 10.0 Å². The Bertz CT molecular complexity index is 1020. The maximum Gasteiger partial charge on any atom is 0.262 e. The molecule has 0 spiro atoms. The zero-order valence-corrected chi connectivity index (χ0v) is 18.6. The lowest BCUT2D eigenvalue weighted by Crippen LogP contribution is -2.32. The molecule has 0 radical (unpaired) electrons. The molecule has 0 atom stereocenters. The van der Waals surface area contributed by atoms with Gasteiger partial charge in [-0.25, -0.2) is 13.1 Å². The van der Waals surface area contributed by atoms with Crippen molar-refractivity contribution >= 4 is 44.8 Å². The van der Waals surface area contributed by atoms with Crippen LogP contribution in [0.3, 0.4) is 0 Å². The highest BCUT2D eigenvalue weighted by molar-refractivity contribution is 7.89. The SMILES string of the molecule is COc1ccc(NC(=O)COc2ccc(S(=O)(=O)NC3CCCC3)cc2Cl)cc1Cl. The van der Waals surface area contributed by atoms with Crippen molar-refractivity contribution in [2.75, 3.05) is 19.0 Å². The Morgan fingerprint density at radius 3 is 2.37 bits per heavy atom. The molecule has 1 fully saturated rings. The standard InChI is InChI=1S/C20H22Cl2N2O5S/c1-28-18-8-6-14(10-16(18)21)23-20(25)12-29-19-9-7-15(11-17(19)22)30(26,27)24-13-4-2-3-5-13/h6-11,13,24H,2-5,12H2,1H3,(H,23,25). The number of sulfonamides is 1. The van der Waals surface area contributed by atoms with Crippen LogP contribution in [0.25, 0.3) is 0 Å². The smallest absolute Gasteiger partial charge is 0.262 e. The van der Waals surface area contributed by atoms with E-state index < -0.39 is 15.9 Å². The first-order chi connectivity index (χ1) is 14.3. The van der Waals surface area contributed by atoms with E-state index in [0.717, 1.165) is 25.7 Å². The number of nitrogens with one attached hydrogen (secondary N) is 2. The van der Waals surface area contributed by atoms with Crippen molar-refractivity contribution in [3.63, 3.8) is 0 Å². The normalized spacial score (nSPS) is 14.5. The van der Waals surface area contributed by atoms with Crippen molar-refractivity contribution in [2.24, 2.45) is 0 Å². The average molecular weight is 473 g/mol.